The first-order valence-corrected chi connectivity index (χ1v) is 5.58. The zero-order valence-electron chi connectivity index (χ0n) is 8.37. The van der Waals surface area contributed by atoms with Crippen LogP contribution in [0.1, 0.15) is 37.9 Å². The van der Waals surface area contributed by atoms with Gasteiger partial charge >= 0.3 is 0 Å². The molecule has 2 rings (SSSR count). The summed E-state index contributed by atoms with van der Waals surface area (Å²) < 4.78 is 5.89. The summed E-state index contributed by atoms with van der Waals surface area (Å²) in [5.74, 6) is 0. The molecule has 0 N–H and O–H groups in total. The molecule has 0 aromatic heterocycles. The highest BCUT2D eigenvalue weighted by atomic mass is 35.5. The molecule has 1 aliphatic rings. The fourth-order valence-corrected chi connectivity index (χ4v) is 2.05. The largest absolute Gasteiger partial charge is 0.370 e. The van der Waals surface area contributed by atoms with Crippen LogP contribution in [-0.4, -0.2) is 6.10 Å². The Balaban J connectivity index is 2.06. The predicted molar refractivity (Wildman–Crippen MR) is 58.6 cm³/mol. The van der Waals surface area contributed by atoms with Crippen molar-refractivity contribution in [2.75, 3.05) is 0 Å². The lowest BCUT2D eigenvalue weighted by molar-refractivity contribution is 0.0428. The van der Waals surface area contributed by atoms with Gasteiger partial charge in [0.2, 0.25) is 0 Å². The SMILES string of the molecule is CC[C@@H]1CC[C@H](c2ccc(Cl)cc2)O1. The maximum absolute atomic E-state index is 5.89. The summed E-state index contributed by atoms with van der Waals surface area (Å²) >= 11 is 5.83. The Morgan fingerprint density at radius 2 is 2.00 bits per heavy atom. The lowest BCUT2D eigenvalue weighted by Crippen LogP contribution is -2.04. The highest BCUT2D eigenvalue weighted by Crippen LogP contribution is 2.34. The summed E-state index contributed by atoms with van der Waals surface area (Å²) in [6.07, 6.45) is 4.18. The van der Waals surface area contributed by atoms with Crippen molar-refractivity contribution < 1.29 is 4.74 Å². The van der Waals surface area contributed by atoms with E-state index in [0.717, 1.165) is 17.9 Å². The number of benzene rings is 1. The smallest absolute Gasteiger partial charge is 0.0829 e. The van der Waals surface area contributed by atoms with Gasteiger partial charge in [-0.25, -0.2) is 0 Å². The zero-order valence-corrected chi connectivity index (χ0v) is 9.13. The molecule has 1 saturated heterocycles. The normalized spacial score (nSPS) is 26.7. The molecule has 0 aliphatic carbocycles. The Hall–Kier alpha value is -0.530. The molecule has 0 saturated carbocycles. The van der Waals surface area contributed by atoms with Crippen LogP contribution >= 0.6 is 11.6 Å². The Labute approximate surface area is 90.0 Å². The minimum Gasteiger partial charge on any atom is -0.370 e. The van der Waals surface area contributed by atoms with Crippen LogP contribution in [0, 0.1) is 0 Å². The van der Waals surface area contributed by atoms with Gasteiger partial charge in [0.1, 0.15) is 0 Å². The van der Waals surface area contributed by atoms with E-state index in [0.29, 0.717) is 6.10 Å². The van der Waals surface area contributed by atoms with Crippen LogP contribution in [0.2, 0.25) is 5.02 Å². The first kappa shape index (κ1) is 10.0. The molecule has 14 heavy (non-hydrogen) atoms. The van der Waals surface area contributed by atoms with E-state index in [9.17, 15) is 0 Å². The molecule has 1 fully saturated rings. The van der Waals surface area contributed by atoms with Gasteiger partial charge in [-0.15, -0.1) is 0 Å². The minimum atomic E-state index is 0.289. The van der Waals surface area contributed by atoms with Crippen molar-refractivity contribution in [1.82, 2.24) is 0 Å². The van der Waals surface area contributed by atoms with Gasteiger partial charge in [0, 0.05) is 5.02 Å². The van der Waals surface area contributed by atoms with Gasteiger partial charge in [-0.1, -0.05) is 30.7 Å². The number of hydrogen-bond acceptors (Lipinski definition) is 1. The summed E-state index contributed by atoms with van der Waals surface area (Å²) in [4.78, 5) is 0. The van der Waals surface area contributed by atoms with Crippen LogP contribution in [0.5, 0.6) is 0 Å². The summed E-state index contributed by atoms with van der Waals surface area (Å²) in [5, 5.41) is 0.791. The molecular weight excluding hydrogens is 196 g/mol. The van der Waals surface area contributed by atoms with Gasteiger partial charge in [0.05, 0.1) is 12.2 Å². The van der Waals surface area contributed by atoms with Gasteiger partial charge in [0.25, 0.3) is 0 Å². The summed E-state index contributed by atoms with van der Waals surface area (Å²) in [5.41, 5.74) is 1.25. The molecular formula is C12H15ClO. The lowest BCUT2D eigenvalue weighted by atomic mass is 10.1. The Morgan fingerprint density at radius 3 is 2.57 bits per heavy atom. The van der Waals surface area contributed by atoms with Crippen LogP contribution in [0.4, 0.5) is 0 Å². The van der Waals surface area contributed by atoms with E-state index in [1.165, 1.54) is 12.0 Å². The van der Waals surface area contributed by atoms with E-state index in [4.69, 9.17) is 16.3 Å². The number of halogens is 1. The van der Waals surface area contributed by atoms with Crippen LogP contribution in [0.3, 0.4) is 0 Å². The molecule has 1 aromatic carbocycles. The third kappa shape index (κ3) is 2.10. The van der Waals surface area contributed by atoms with Gasteiger partial charge in [-0.05, 0) is 37.0 Å². The highest BCUT2D eigenvalue weighted by molar-refractivity contribution is 6.30. The van der Waals surface area contributed by atoms with E-state index in [1.807, 2.05) is 12.1 Å². The van der Waals surface area contributed by atoms with Gasteiger partial charge in [-0.3, -0.25) is 0 Å². The Bertz CT molecular complexity index is 294. The average molecular weight is 211 g/mol. The number of ether oxygens (including phenoxy) is 1. The molecule has 2 heteroatoms. The number of hydrogen-bond donors (Lipinski definition) is 0. The van der Waals surface area contributed by atoms with Crippen LogP contribution in [0.15, 0.2) is 24.3 Å². The van der Waals surface area contributed by atoms with Crippen molar-refractivity contribution >= 4 is 11.6 Å². The second-order valence-corrected chi connectivity index (χ2v) is 4.22. The second-order valence-electron chi connectivity index (χ2n) is 3.78. The average Bonchev–Trinajstić information content (AvgIpc) is 2.67. The topological polar surface area (TPSA) is 9.23 Å². The molecule has 1 aromatic rings. The third-order valence-electron chi connectivity index (χ3n) is 2.80. The van der Waals surface area contributed by atoms with Crippen molar-refractivity contribution in [3.63, 3.8) is 0 Å². The molecule has 0 spiro atoms. The molecule has 2 atom stereocenters. The lowest BCUT2D eigenvalue weighted by Gasteiger charge is -2.12. The maximum atomic E-state index is 5.89. The zero-order chi connectivity index (χ0) is 9.97. The van der Waals surface area contributed by atoms with E-state index >= 15 is 0 Å². The summed E-state index contributed by atoms with van der Waals surface area (Å²) in [6, 6.07) is 7.98. The molecule has 0 amide bonds. The Kier molecular flexibility index (Phi) is 3.09. The monoisotopic (exact) mass is 210 g/mol. The first-order chi connectivity index (χ1) is 6.79. The van der Waals surface area contributed by atoms with Crippen LogP contribution < -0.4 is 0 Å². The third-order valence-corrected chi connectivity index (χ3v) is 3.06. The maximum Gasteiger partial charge on any atom is 0.0829 e. The van der Waals surface area contributed by atoms with Gasteiger partial charge in [0.15, 0.2) is 0 Å². The fourth-order valence-electron chi connectivity index (χ4n) is 1.93. The van der Waals surface area contributed by atoms with E-state index in [1.54, 1.807) is 0 Å². The van der Waals surface area contributed by atoms with Crippen LogP contribution in [0.25, 0.3) is 0 Å². The van der Waals surface area contributed by atoms with Crippen molar-refractivity contribution in [1.29, 1.82) is 0 Å². The summed E-state index contributed by atoms with van der Waals surface area (Å²) in [7, 11) is 0. The molecule has 1 aliphatic heterocycles. The van der Waals surface area contributed by atoms with Gasteiger partial charge < -0.3 is 4.74 Å². The van der Waals surface area contributed by atoms with Crippen molar-refractivity contribution in [2.24, 2.45) is 0 Å². The van der Waals surface area contributed by atoms with Crippen molar-refractivity contribution in [3.05, 3.63) is 34.9 Å². The molecule has 1 nitrogen and oxygen atoms in total. The van der Waals surface area contributed by atoms with E-state index in [2.05, 4.69) is 19.1 Å². The highest BCUT2D eigenvalue weighted by Gasteiger charge is 2.24. The van der Waals surface area contributed by atoms with Crippen molar-refractivity contribution in [2.45, 2.75) is 38.4 Å². The van der Waals surface area contributed by atoms with E-state index < -0.39 is 0 Å². The Morgan fingerprint density at radius 1 is 1.29 bits per heavy atom. The predicted octanol–water partition coefficient (Wildman–Crippen LogP) is 3.97. The molecule has 0 radical (unpaired) electrons. The first-order valence-electron chi connectivity index (χ1n) is 5.20. The van der Waals surface area contributed by atoms with Gasteiger partial charge in [-0.2, -0.15) is 0 Å². The molecule has 0 unspecified atom stereocenters. The minimum absolute atomic E-state index is 0.289. The summed E-state index contributed by atoms with van der Waals surface area (Å²) in [6.45, 7) is 2.18. The second kappa shape index (κ2) is 4.33. The molecule has 76 valence electrons. The van der Waals surface area contributed by atoms with E-state index in [-0.39, 0.29) is 6.10 Å². The molecule has 1 heterocycles. The molecule has 0 bridgehead atoms. The quantitative estimate of drug-likeness (QED) is 0.718. The van der Waals surface area contributed by atoms with Crippen molar-refractivity contribution in [3.8, 4) is 0 Å². The fraction of sp³-hybridized carbons (Fsp3) is 0.500. The number of rotatable bonds is 2. The van der Waals surface area contributed by atoms with Crippen LogP contribution in [-0.2, 0) is 4.74 Å². The standard InChI is InChI=1S/C12H15ClO/c1-2-11-7-8-12(14-11)9-3-5-10(13)6-4-9/h3-6,11-12H,2,7-8H2,1H3/t11-,12-/m1/s1.